The van der Waals surface area contributed by atoms with Gasteiger partial charge in [-0.2, -0.15) is 0 Å². The molecule has 680 valence electrons. The number of likely N-dealkylation sites (N-methyl/N-ethyl adjacent to an activating group) is 1. The number of nitrogens with two attached hydrogens (primary N) is 1. The number of carbonyl (C=O) groups is 19. The summed E-state index contributed by atoms with van der Waals surface area (Å²) in [5.74, 6) is -27.1. The Hall–Kier alpha value is -13.0. The van der Waals surface area contributed by atoms with Crippen LogP contribution in [0.1, 0.15) is 165 Å². The molecule has 17 atom stereocenters. The number of phenols is 1. The number of primary amides is 1. The highest BCUT2D eigenvalue weighted by molar-refractivity contribution is 6.02. The maximum atomic E-state index is 15.5. The number of fused-ring (bicyclic) bond motifs is 3. The van der Waals surface area contributed by atoms with Gasteiger partial charge in [-0.1, -0.05) is 148 Å². The number of Topliss-reactive ketones (excluding diaryl/α,β-unsaturated/α-hetero) is 1. The summed E-state index contributed by atoms with van der Waals surface area (Å²) in [7, 11) is 1.33. The van der Waals surface area contributed by atoms with E-state index >= 15 is 19.2 Å². The number of carboxylic acids is 4. The third-order valence-corrected chi connectivity index (χ3v) is 20.5. The molecule has 1 saturated carbocycles. The standard InChI is InChI=1S/C79H101N15O24.2C2H6.2CH4/c1-37-67(107)88-57(34-60(80)97)75(115)85-49(24-26-61(98)99)68(108)91-55(30-43-18-13-17-42-16-11-12-19-45(42)43)71(111)83-38(2)66(106)87-56-33-48-46(47(48)32-52(81-7)70(110)82-37)31-51(39(3)95)86-78(118)65(79(4,5)6)94-77(117)59(36-64(104)105)93-73(113)54(29-41-20-22-44(96)23-21-41)89-72(112)53(28-40-14-9-8-10-15-40)90-76(116)58(35-63(102)103)92-69(109)50(84-74(56)114)25-27-62(100)101;2*1-2;;/h8-23,37-38,46-59,65,81,96H,24-36H2,1-7H3,(H2,80,97)(H,82,110)(H,83,111)(H,84,114)(H,85,115)(H,86,118)(H,87,106)(H,88,107)(H,89,112)(H,90,116)(H,91,108)(H,92,109)(H,93,113)(H,94,117)(H,98,99)(H,100,101)(H,102,103)(H,104,105);2*1-2H3;2*1H4/t37-,38-,46?,47?,48?,49+,50+,51+,52+,53+,54+,55+,56-,57+,58+,59+,65-;;;;/m1..../s1. The Balaban J connectivity index is 0.00000652. The van der Waals surface area contributed by atoms with E-state index in [0.29, 0.717) is 21.9 Å². The van der Waals surface area contributed by atoms with Crippen molar-refractivity contribution in [3.63, 3.8) is 0 Å². The van der Waals surface area contributed by atoms with Crippen molar-refractivity contribution in [2.24, 2.45) is 28.9 Å². The summed E-state index contributed by atoms with van der Waals surface area (Å²) >= 11 is 0. The molecule has 3 fully saturated rings. The minimum atomic E-state index is -2.21. The average molecular weight is 1740 g/mol. The summed E-state index contributed by atoms with van der Waals surface area (Å²) in [6.45, 7) is 15.9. The Bertz CT molecular complexity index is 4460. The number of carboxylic acid groups (broad SMARTS) is 4. The quantitative estimate of drug-likeness (QED) is 0.0557. The predicted octanol–water partition coefficient (Wildman–Crippen LogP) is 0.0773. The van der Waals surface area contributed by atoms with Crippen molar-refractivity contribution < 1.29 is 117 Å². The second-order valence-corrected chi connectivity index (χ2v) is 30.7. The lowest BCUT2D eigenvalue weighted by Crippen LogP contribution is -2.62. The first-order chi connectivity index (χ1) is 57.6. The van der Waals surface area contributed by atoms with Crippen molar-refractivity contribution in [1.82, 2.24) is 74.4 Å². The van der Waals surface area contributed by atoms with Crippen LogP contribution < -0.4 is 80.2 Å². The fourth-order valence-corrected chi connectivity index (χ4v) is 14.0. The summed E-state index contributed by atoms with van der Waals surface area (Å²) in [5, 5.41) is 86.6. The second kappa shape index (κ2) is 49.8. The van der Waals surface area contributed by atoms with Gasteiger partial charge in [0.05, 0.1) is 31.3 Å². The summed E-state index contributed by atoms with van der Waals surface area (Å²) in [6.07, 6.45) is -9.19. The molecule has 2 aliphatic heterocycles. The number of aliphatic carboxylic acids is 4. The molecule has 0 aromatic heterocycles. The van der Waals surface area contributed by atoms with E-state index in [0.717, 1.165) is 13.8 Å². The lowest BCUT2D eigenvalue weighted by Gasteiger charge is -2.33. The molecule has 3 unspecified atom stereocenters. The molecule has 3 aliphatic rings. The topological polar surface area (TPSA) is 620 Å². The van der Waals surface area contributed by atoms with Gasteiger partial charge in [0.25, 0.3) is 0 Å². The first-order valence-corrected chi connectivity index (χ1v) is 40.2. The van der Waals surface area contributed by atoms with Gasteiger partial charge in [0, 0.05) is 32.1 Å². The maximum Gasteiger partial charge on any atom is 0.305 e. The summed E-state index contributed by atoms with van der Waals surface area (Å²) in [5.41, 5.74) is 5.20. The predicted molar refractivity (Wildman–Crippen MR) is 452 cm³/mol. The Labute approximate surface area is 718 Å². The molecule has 0 radical (unpaired) electrons. The van der Waals surface area contributed by atoms with Gasteiger partial charge in [-0.3, -0.25) is 91.1 Å². The molecular weight excluding hydrogens is 1620 g/mol. The smallest absolute Gasteiger partial charge is 0.305 e. The van der Waals surface area contributed by atoms with Crippen molar-refractivity contribution >= 4 is 123 Å². The van der Waals surface area contributed by atoms with Crippen LogP contribution in [0.15, 0.2) is 97.1 Å². The van der Waals surface area contributed by atoms with Crippen LogP contribution in [-0.4, -0.2) is 230 Å². The SMILES string of the molecule is C.C.CC.CC.CN[C@H]1CC2C3C[C@@H](C(C)=O)NC(=O)[C@H](C(C)(C)C)NC(=O)[C@H](CC(=O)O)NC(=O)[C@H](Cc4ccc(O)cc4)NC(=O)[C@H](Cc4ccccc4)NC(=O)[C@H](CC(=O)O)NC(=O)[C@H](CCC(=O)O)NC(=O)[C@@H](CC32)NC(=O)[C@@H](C)NC(=O)[C@H](Cc2cccc3ccccc23)NC(=O)[C@H](CCC(=O)O)NC(=O)[C@H](CC(N)=O)NC(=O)[C@@H](C)NC1=O. The highest BCUT2D eigenvalue weighted by Gasteiger charge is 2.54. The number of phenolic OH excluding ortho intramolecular Hbond substituents is 1. The van der Waals surface area contributed by atoms with Crippen molar-refractivity contribution in [3.05, 3.63) is 114 Å². The molecule has 0 spiro atoms. The largest absolute Gasteiger partial charge is 0.508 e. The molecule has 2 bridgehead atoms. The van der Waals surface area contributed by atoms with Crippen LogP contribution in [0.2, 0.25) is 0 Å². The minimum absolute atomic E-state index is 0. The Kier molecular flexibility index (Phi) is 42.3. The molecule has 4 aromatic carbocycles. The number of nitrogens with one attached hydrogen (secondary N) is 14. The molecule has 124 heavy (non-hydrogen) atoms. The highest BCUT2D eigenvalue weighted by atomic mass is 16.4. The molecular formula is C85H121N15O24. The normalized spacial score (nSPS) is 25.7. The number of benzene rings is 4. The van der Waals surface area contributed by atoms with Crippen LogP contribution >= 0.6 is 0 Å². The van der Waals surface area contributed by atoms with Crippen LogP contribution in [0, 0.1) is 23.2 Å². The number of hydrogen-bond acceptors (Lipinski definition) is 21. The number of aromatic hydroxyl groups is 1. The molecule has 14 amide bonds. The molecule has 39 nitrogen and oxygen atoms in total. The average Bonchev–Trinajstić information content (AvgIpc) is 1.60. The zero-order valence-corrected chi connectivity index (χ0v) is 69.8. The summed E-state index contributed by atoms with van der Waals surface area (Å²) < 4.78 is 0. The van der Waals surface area contributed by atoms with Crippen molar-refractivity contribution in [2.45, 2.75) is 252 Å². The van der Waals surface area contributed by atoms with Crippen molar-refractivity contribution in [1.29, 1.82) is 0 Å². The van der Waals surface area contributed by atoms with E-state index in [9.17, 15) is 97.5 Å². The Morgan fingerprint density at radius 2 is 0.790 bits per heavy atom. The molecule has 4 aromatic rings. The Morgan fingerprint density at radius 1 is 0.403 bits per heavy atom. The van der Waals surface area contributed by atoms with E-state index in [4.69, 9.17) is 5.73 Å². The van der Waals surface area contributed by atoms with Gasteiger partial charge in [0.1, 0.15) is 78.3 Å². The first-order valence-electron chi connectivity index (χ1n) is 40.2. The minimum Gasteiger partial charge on any atom is -0.508 e. The van der Waals surface area contributed by atoms with E-state index in [2.05, 4.69) is 74.4 Å². The number of amides is 14. The zero-order valence-electron chi connectivity index (χ0n) is 69.8. The number of rotatable bonds is 20. The van der Waals surface area contributed by atoms with Crippen LogP contribution in [0.5, 0.6) is 5.75 Å². The van der Waals surface area contributed by atoms with Crippen molar-refractivity contribution in [2.75, 3.05) is 7.05 Å². The number of hydrogen-bond donors (Lipinski definition) is 20. The van der Waals surface area contributed by atoms with Gasteiger partial charge >= 0.3 is 23.9 Å². The number of ketones is 1. The highest BCUT2D eigenvalue weighted by Crippen LogP contribution is 2.54. The zero-order chi connectivity index (χ0) is 91.2. The van der Waals surface area contributed by atoms with E-state index in [1.54, 1.807) is 60.7 Å². The van der Waals surface area contributed by atoms with Crippen LogP contribution in [-0.2, 0) is 110 Å². The molecule has 2 heterocycles. The molecule has 1 aliphatic carbocycles. The van der Waals surface area contributed by atoms with Crippen LogP contribution in [0.3, 0.4) is 0 Å². The fraction of sp³-hybridized carbons (Fsp3) is 0.518. The van der Waals surface area contributed by atoms with Crippen LogP contribution in [0.4, 0.5) is 0 Å². The van der Waals surface area contributed by atoms with Gasteiger partial charge in [-0.15, -0.1) is 0 Å². The third-order valence-electron chi connectivity index (χ3n) is 20.5. The maximum absolute atomic E-state index is 15.5. The summed E-state index contributed by atoms with van der Waals surface area (Å²) in [4.78, 5) is 269. The Morgan fingerprint density at radius 3 is 1.27 bits per heavy atom. The second-order valence-electron chi connectivity index (χ2n) is 30.7. The van der Waals surface area contributed by atoms with Gasteiger partial charge < -0.3 is 106 Å². The fourth-order valence-electron chi connectivity index (χ4n) is 14.0. The van der Waals surface area contributed by atoms with Crippen LogP contribution in [0.25, 0.3) is 10.8 Å². The van der Waals surface area contributed by atoms with E-state index in [1.165, 1.54) is 71.1 Å². The van der Waals surface area contributed by atoms with Gasteiger partial charge in [-0.05, 0) is 123 Å². The lowest BCUT2D eigenvalue weighted by atomic mass is 9.85. The lowest BCUT2D eigenvalue weighted by molar-refractivity contribution is -0.142. The summed E-state index contributed by atoms with van der Waals surface area (Å²) in [6, 6.07) is -0.700. The van der Waals surface area contributed by atoms with E-state index < -0.39 is 291 Å². The van der Waals surface area contributed by atoms with Gasteiger partial charge in [-0.25, -0.2) is 0 Å². The molecule has 2 saturated heterocycles. The number of carbonyl (C=O) groups excluding carboxylic acids is 15. The van der Waals surface area contributed by atoms with E-state index in [-0.39, 0.29) is 39.0 Å². The first kappa shape index (κ1) is 105. The van der Waals surface area contributed by atoms with Gasteiger partial charge in [0.2, 0.25) is 82.7 Å². The molecule has 39 heteroatoms. The van der Waals surface area contributed by atoms with Gasteiger partial charge in [0.15, 0.2) is 5.78 Å². The third kappa shape index (κ3) is 32.4. The van der Waals surface area contributed by atoms with Crippen molar-refractivity contribution in [3.8, 4) is 5.75 Å². The molecule has 21 N–H and O–H groups in total. The van der Waals surface area contributed by atoms with E-state index in [1.807, 2.05) is 27.7 Å². The monoisotopic (exact) mass is 1740 g/mol. The molecule has 7 rings (SSSR count).